The van der Waals surface area contributed by atoms with Crippen molar-refractivity contribution >= 4 is 0 Å². The van der Waals surface area contributed by atoms with Crippen molar-refractivity contribution in [2.75, 3.05) is 13.7 Å². The maximum absolute atomic E-state index is 13.4. The van der Waals surface area contributed by atoms with Crippen molar-refractivity contribution in [1.82, 2.24) is 0 Å². The molecule has 1 aliphatic rings. The molecule has 0 amide bonds. The molecular weight excluding hydrogens is 221 g/mol. The smallest absolute Gasteiger partial charge is 0.288 e. The van der Waals surface area contributed by atoms with Gasteiger partial charge in [0, 0.05) is 5.56 Å². The zero-order valence-electron chi connectivity index (χ0n) is 8.89. The second-order valence-corrected chi connectivity index (χ2v) is 3.76. The van der Waals surface area contributed by atoms with Crippen LogP contribution in [0.3, 0.4) is 0 Å². The number of hydrogen-bond donors (Lipinski definition) is 0. The highest BCUT2D eigenvalue weighted by Crippen LogP contribution is 2.47. The molecule has 5 heteroatoms. The Kier molecular flexibility index (Phi) is 2.48. The van der Waals surface area contributed by atoms with Crippen molar-refractivity contribution < 1.29 is 22.6 Å². The topological polar surface area (TPSA) is 18.5 Å². The van der Waals surface area contributed by atoms with Crippen LogP contribution in [0.4, 0.5) is 13.2 Å². The Morgan fingerprint density at radius 2 is 2.12 bits per heavy atom. The molecule has 0 radical (unpaired) electrons. The lowest BCUT2D eigenvalue weighted by Gasteiger charge is -2.32. The number of hydrogen-bond acceptors (Lipinski definition) is 2. The molecule has 2 rings (SSSR count). The molecule has 0 N–H and O–H groups in total. The van der Waals surface area contributed by atoms with Gasteiger partial charge in [0.25, 0.3) is 5.92 Å². The van der Waals surface area contributed by atoms with E-state index in [4.69, 9.17) is 9.47 Å². The minimum Gasteiger partial charge on any atom is -0.493 e. The van der Waals surface area contributed by atoms with Gasteiger partial charge in [-0.05, 0) is 12.1 Å². The second kappa shape index (κ2) is 3.57. The van der Waals surface area contributed by atoms with Crippen LogP contribution in [0.25, 0.3) is 0 Å². The highest BCUT2D eigenvalue weighted by Gasteiger charge is 2.45. The van der Waals surface area contributed by atoms with E-state index in [-0.39, 0.29) is 17.1 Å². The van der Waals surface area contributed by atoms with Gasteiger partial charge in [-0.2, -0.15) is 0 Å². The fourth-order valence-corrected chi connectivity index (χ4v) is 1.81. The first-order valence-electron chi connectivity index (χ1n) is 4.84. The van der Waals surface area contributed by atoms with E-state index in [1.165, 1.54) is 20.1 Å². The third-order valence-electron chi connectivity index (χ3n) is 2.80. The van der Waals surface area contributed by atoms with Gasteiger partial charge in [0.15, 0.2) is 18.2 Å². The normalized spacial score (nSPS) is 22.2. The van der Waals surface area contributed by atoms with E-state index < -0.39 is 24.3 Å². The first-order valence-corrected chi connectivity index (χ1v) is 4.84. The Bertz CT molecular complexity index is 418. The standard InChI is InChI=1S/C11H11F3O2/c1-6-9-8(16-5-11(6,13)14)4-3-7(12)10(9)15-2/h3-4,6H,5H2,1-2H3. The second-order valence-electron chi connectivity index (χ2n) is 3.76. The summed E-state index contributed by atoms with van der Waals surface area (Å²) in [5.41, 5.74) is 0.0961. The van der Waals surface area contributed by atoms with Gasteiger partial charge in [0.05, 0.1) is 13.0 Å². The SMILES string of the molecule is COc1c(F)ccc2c1C(C)C(F)(F)CO2. The summed E-state index contributed by atoms with van der Waals surface area (Å²) >= 11 is 0. The fourth-order valence-electron chi connectivity index (χ4n) is 1.81. The summed E-state index contributed by atoms with van der Waals surface area (Å²) < 4.78 is 49.9. The van der Waals surface area contributed by atoms with Gasteiger partial charge in [0.2, 0.25) is 0 Å². The molecule has 0 fully saturated rings. The van der Waals surface area contributed by atoms with Gasteiger partial charge in [-0.15, -0.1) is 0 Å². The predicted molar refractivity (Wildman–Crippen MR) is 51.8 cm³/mol. The van der Waals surface area contributed by atoms with Crippen molar-refractivity contribution in [3.05, 3.63) is 23.5 Å². The highest BCUT2D eigenvalue weighted by atomic mass is 19.3. The Balaban J connectivity index is 2.60. The maximum atomic E-state index is 13.4. The molecule has 0 bridgehead atoms. The van der Waals surface area contributed by atoms with Crippen LogP contribution < -0.4 is 9.47 Å². The lowest BCUT2D eigenvalue weighted by Crippen LogP contribution is -2.36. The third kappa shape index (κ3) is 1.50. The van der Waals surface area contributed by atoms with E-state index in [0.717, 1.165) is 6.07 Å². The van der Waals surface area contributed by atoms with Gasteiger partial charge in [-0.25, -0.2) is 13.2 Å². The number of ether oxygens (including phenoxy) is 2. The van der Waals surface area contributed by atoms with E-state index in [1.54, 1.807) is 0 Å². The van der Waals surface area contributed by atoms with Crippen LogP contribution in [-0.2, 0) is 0 Å². The summed E-state index contributed by atoms with van der Waals surface area (Å²) in [5.74, 6) is -4.69. The van der Waals surface area contributed by atoms with Gasteiger partial charge in [-0.1, -0.05) is 6.92 Å². The van der Waals surface area contributed by atoms with Crippen LogP contribution in [0.2, 0.25) is 0 Å². The van der Waals surface area contributed by atoms with Gasteiger partial charge < -0.3 is 9.47 Å². The molecule has 0 saturated heterocycles. The molecule has 0 saturated carbocycles. The number of rotatable bonds is 1. The molecule has 1 heterocycles. The van der Waals surface area contributed by atoms with Crippen LogP contribution in [0, 0.1) is 5.82 Å². The molecule has 1 aromatic carbocycles. The van der Waals surface area contributed by atoms with Gasteiger partial charge >= 0.3 is 0 Å². The Labute approximate surface area is 91.0 Å². The first-order chi connectivity index (χ1) is 7.47. The first kappa shape index (κ1) is 11.1. The lowest BCUT2D eigenvalue weighted by atomic mass is 9.91. The number of fused-ring (bicyclic) bond motifs is 1. The average molecular weight is 232 g/mol. The molecule has 1 atom stereocenters. The summed E-state index contributed by atoms with van der Waals surface area (Å²) in [6, 6.07) is 2.49. The summed E-state index contributed by atoms with van der Waals surface area (Å²) in [6.45, 7) is 0.652. The largest absolute Gasteiger partial charge is 0.493 e. The third-order valence-corrected chi connectivity index (χ3v) is 2.80. The lowest BCUT2D eigenvalue weighted by molar-refractivity contribution is -0.0730. The summed E-state index contributed by atoms with van der Waals surface area (Å²) in [4.78, 5) is 0. The predicted octanol–water partition coefficient (Wildman–Crippen LogP) is 2.97. The van der Waals surface area contributed by atoms with E-state index >= 15 is 0 Å². The monoisotopic (exact) mass is 232 g/mol. The number of halogens is 3. The molecule has 16 heavy (non-hydrogen) atoms. The summed E-state index contributed by atoms with van der Waals surface area (Å²) in [7, 11) is 1.25. The van der Waals surface area contributed by atoms with Crippen LogP contribution in [0.1, 0.15) is 18.4 Å². The maximum Gasteiger partial charge on any atom is 0.288 e. The average Bonchev–Trinajstić information content (AvgIpc) is 2.24. The Hall–Kier alpha value is -1.39. The molecule has 1 aromatic rings. The molecular formula is C11H11F3O2. The molecule has 1 unspecified atom stereocenters. The zero-order chi connectivity index (χ0) is 11.9. The van der Waals surface area contributed by atoms with Crippen molar-refractivity contribution in [2.24, 2.45) is 0 Å². The quantitative estimate of drug-likeness (QED) is 0.741. The molecule has 0 spiro atoms. The Morgan fingerprint density at radius 3 is 2.75 bits per heavy atom. The molecule has 0 aliphatic carbocycles. The van der Waals surface area contributed by atoms with Crippen LogP contribution in [-0.4, -0.2) is 19.6 Å². The zero-order valence-corrected chi connectivity index (χ0v) is 8.89. The van der Waals surface area contributed by atoms with Crippen LogP contribution in [0.15, 0.2) is 12.1 Å². The van der Waals surface area contributed by atoms with Crippen molar-refractivity contribution in [2.45, 2.75) is 18.8 Å². The molecule has 1 aliphatic heterocycles. The summed E-state index contributed by atoms with van der Waals surface area (Å²) in [6.07, 6.45) is 0. The Morgan fingerprint density at radius 1 is 1.44 bits per heavy atom. The van der Waals surface area contributed by atoms with Gasteiger partial charge in [-0.3, -0.25) is 0 Å². The van der Waals surface area contributed by atoms with E-state index in [0.29, 0.717) is 0 Å². The van der Waals surface area contributed by atoms with Crippen molar-refractivity contribution in [3.8, 4) is 11.5 Å². The van der Waals surface area contributed by atoms with Crippen LogP contribution in [0.5, 0.6) is 11.5 Å². The summed E-state index contributed by atoms with van der Waals surface area (Å²) in [5, 5.41) is 0. The number of benzene rings is 1. The highest BCUT2D eigenvalue weighted by molar-refractivity contribution is 5.50. The minimum absolute atomic E-state index is 0.0961. The van der Waals surface area contributed by atoms with Crippen LogP contribution >= 0.6 is 0 Å². The minimum atomic E-state index is -3.01. The number of alkyl halides is 2. The molecule has 2 nitrogen and oxygen atoms in total. The van der Waals surface area contributed by atoms with Crippen molar-refractivity contribution in [3.63, 3.8) is 0 Å². The van der Waals surface area contributed by atoms with E-state index in [1.807, 2.05) is 0 Å². The van der Waals surface area contributed by atoms with Crippen molar-refractivity contribution in [1.29, 1.82) is 0 Å². The van der Waals surface area contributed by atoms with E-state index in [9.17, 15) is 13.2 Å². The molecule has 88 valence electrons. The number of methoxy groups -OCH3 is 1. The fraction of sp³-hybridized carbons (Fsp3) is 0.455. The molecule has 0 aromatic heterocycles. The van der Waals surface area contributed by atoms with E-state index in [2.05, 4.69) is 0 Å². The van der Waals surface area contributed by atoms with Gasteiger partial charge in [0.1, 0.15) is 5.75 Å².